The minimum atomic E-state index is 0.0630. The predicted octanol–water partition coefficient (Wildman–Crippen LogP) is 5.87. The van der Waals surface area contributed by atoms with E-state index in [1.807, 2.05) is 54.6 Å². The highest BCUT2D eigenvalue weighted by Gasteiger charge is 2.10. The van der Waals surface area contributed by atoms with Gasteiger partial charge >= 0.3 is 0 Å². The highest BCUT2D eigenvalue weighted by molar-refractivity contribution is 5.88. The number of hydrogen-bond donors (Lipinski definition) is 3. The van der Waals surface area contributed by atoms with Crippen LogP contribution in [-0.2, 0) is 6.42 Å². The Morgan fingerprint density at radius 2 is 1.40 bits per heavy atom. The molecule has 3 aromatic heterocycles. The molecule has 0 saturated heterocycles. The summed E-state index contributed by atoms with van der Waals surface area (Å²) in [5.41, 5.74) is 10.5. The maximum atomic E-state index is 9.53. The topological polar surface area (TPSA) is 86.8 Å². The predicted molar refractivity (Wildman–Crippen MR) is 142 cm³/mol. The van der Waals surface area contributed by atoms with Crippen LogP contribution in [0.15, 0.2) is 60.7 Å². The molecule has 0 saturated carbocycles. The zero-order chi connectivity index (χ0) is 23.8. The molecule has 0 amide bonds. The highest BCUT2D eigenvalue weighted by atomic mass is 16.5. The van der Waals surface area contributed by atoms with Gasteiger partial charge in [0, 0.05) is 34.2 Å². The van der Waals surface area contributed by atoms with Crippen LogP contribution in [0.4, 0.5) is 0 Å². The molecule has 2 aliphatic rings. The van der Waals surface area contributed by atoms with Crippen molar-refractivity contribution in [1.29, 1.82) is 0 Å². The van der Waals surface area contributed by atoms with Gasteiger partial charge in [-0.1, -0.05) is 6.07 Å². The smallest absolute Gasteiger partial charge is 0.122 e. The van der Waals surface area contributed by atoms with Crippen LogP contribution in [0.5, 0.6) is 5.75 Å². The van der Waals surface area contributed by atoms with Crippen LogP contribution >= 0.6 is 0 Å². The summed E-state index contributed by atoms with van der Waals surface area (Å²) < 4.78 is 5.49. The minimum Gasteiger partial charge on any atom is -0.496 e. The quantitative estimate of drug-likeness (QED) is 0.307. The van der Waals surface area contributed by atoms with Gasteiger partial charge in [-0.05, 0) is 96.4 Å². The van der Waals surface area contributed by atoms with Gasteiger partial charge < -0.3 is 19.8 Å². The van der Waals surface area contributed by atoms with Crippen molar-refractivity contribution < 1.29 is 9.84 Å². The van der Waals surface area contributed by atoms with Crippen LogP contribution in [0.3, 0.4) is 0 Å². The second-order valence-electron chi connectivity index (χ2n) is 8.59. The number of aromatic nitrogens is 4. The molecular weight excluding hydrogens is 436 g/mol. The van der Waals surface area contributed by atoms with E-state index in [1.54, 1.807) is 7.11 Å². The zero-order valence-corrected chi connectivity index (χ0v) is 19.2. The van der Waals surface area contributed by atoms with Crippen LogP contribution in [0.1, 0.15) is 28.3 Å². The van der Waals surface area contributed by atoms with E-state index in [-0.39, 0.29) is 6.61 Å². The summed E-state index contributed by atoms with van der Waals surface area (Å²) in [4.78, 5) is 16.5. The maximum Gasteiger partial charge on any atom is 0.122 e. The number of ether oxygens (including phenoxy) is 1. The number of nitrogens with one attached hydrogen (secondary N) is 2. The Morgan fingerprint density at radius 3 is 2.11 bits per heavy atom. The third kappa shape index (κ3) is 4.27. The van der Waals surface area contributed by atoms with Gasteiger partial charge in [0.15, 0.2) is 0 Å². The summed E-state index contributed by atoms with van der Waals surface area (Å²) >= 11 is 0. The number of methoxy groups -OCH3 is 1. The van der Waals surface area contributed by atoms with Gasteiger partial charge in [0.25, 0.3) is 0 Å². The SMILES string of the molecule is COc1ccc(-c2cc3cc4ccc(cc5nc(cc6nc(cc2[nH]3)C=C6)C=C5)[nH]4)cc1CCO. The van der Waals surface area contributed by atoms with Gasteiger partial charge in [0.1, 0.15) is 5.75 Å². The van der Waals surface area contributed by atoms with Crippen LogP contribution < -0.4 is 4.74 Å². The number of aliphatic hydroxyl groups is 1. The molecular formula is C29H24N4O2. The standard InChI is InChI=1S/C29H24N4O2/c1-35-29-9-2-18(12-19(29)10-11-34)27-16-26-15-24-6-5-22(31-24)13-20-3-4-21(30-20)14-23-7-8-25(32-23)17-28(27)33-26/h2-9,12-17,31,33-34H,10-11H2,1H3. The average Bonchev–Trinajstić information content (AvgIpc) is 3.64. The van der Waals surface area contributed by atoms with Crippen LogP contribution in [0.25, 0.3) is 57.5 Å². The fourth-order valence-corrected chi connectivity index (χ4v) is 4.52. The summed E-state index contributed by atoms with van der Waals surface area (Å²) in [5.74, 6) is 0.776. The molecule has 6 rings (SSSR count). The first-order chi connectivity index (χ1) is 17.2. The van der Waals surface area contributed by atoms with Crippen molar-refractivity contribution in [3.8, 4) is 16.9 Å². The van der Waals surface area contributed by atoms with Gasteiger partial charge in [0.05, 0.1) is 29.9 Å². The van der Waals surface area contributed by atoms with Crippen molar-refractivity contribution in [2.45, 2.75) is 6.42 Å². The monoisotopic (exact) mass is 460 g/mol. The number of nitrogens with zero attached hydrogens (tertiary/aromatic N) is 2. The minimum absolute atomic E-state index is 0.0630. The fraction of sp³-hybridized carbons (Fsp3) is 0.103. The lowest BCUT2D eigenvalue weighted by Crippen LogP contribution is -1.96. The number of fused-ring (bicyclic) bond motifs is 8. The number of aromatic amines is 2. The summed E-state index contributed by atoms with van der Waals surface area (Å²) in [6.45, 7) is 0.0630. The Hall–Kier alpha value is -4.42. The number of aliphatic hydroxyl groups excluding tert-OH is 1. The van der Waals surface area contributed by atoms with Gasteiger partial charge in [0.2, 0.25) is 0 Å². The fourth-order valence-electron chi connectivity index (χ4n) is 4.52. The molecule has 35 heavy (non-hydrogen) atoms. The third-order valence-corrected chi connectivity index (χ3v) is 6.14. The molecule has 0 unspecified atom stereocenters. The Kier molecular flexibility index (Phi) is 5.28. The second-order valence-corrected chi connectivity index (χ2v) is 8.59. The molecule has 8 bridgehead atoms. The lowest BCUT2D eigenvalue weighted by atomic mass is 10.0. The first-order valence-corrected chi connectivity index (χ1v) is 11.5. The van der Waals surface area contributed by atoms with Crippen molar-refractivity contribution in [3.63, 3.8) is 0 Å². The molecule has 4 aromatic rings. The summed E-state index contributed by atoms with van der Waals surface area (Å²) in [5, 5.41) is 9.53. The Labute approximate surface area is 202 Å². The average molecular weight is 461 g/mol. The molecule has 0 radical (unpaired) electrons. The molecule has 0 fully saturated rings. The van der Waals surface area contributed by atoms with E-state index in [2.05, 4.69) is 45.3 Å². The summed E-state index contributed by atoms with van der Waals surface area (Å²) in [6.07, 6.45) is 8.55. The van der Waals surface area contributed by atoms with Crippen molar-refractivity contribution in [3.05, 3.63) is 89.0 Å². The van der Waals surface area contributed by atoms with Crippen molar-refractivity contribution in [2.24, 2.45) is 0 Å². The molecule has 172 valence electrons. The molecule has 6 nitrogen and oxygen atoms in total. The maximum absolute atomic E-state index is 9.53. The number of H-pyrrole nitrogens is 2. The first-order valence-electron chi connectivity index (χ1n) is 11.5. The van der Waals surface area contributed by atoms with Gasteiger partial charge in [-0.25, -0.2) is 9.97 Å². The number of rotatable bonds is 4. The van der Waals surface area contributed by atoms with Crippen LogP contribution in [0, 0.1) is 0 Å². The Balaban J connectivity index is 1.62. The molecule has 0 aliphatic carbocycles. The van der Waals surface area contributed by atoms with Gasteiger partial charge in [-0.15, -0.1) is 0 Å². The molecule has 3 N–H and O–H groups in total. The van der Waals surface area contributed by atoms with Gasteiger partial charge in [-0.2, -0.15) is 0 Å². The molecule has 2 aliphatic heterocycles. The number of hydrogen-bond acceptors (Lipinski definition) is 4. The Bertz CT molecular complexity index is 1660. The molecule has 0 atom stereocenters. The van der Waals surface area contributed by atoms with E-state index in [0.717, 1.165) is 67.3 Å². The zero-order valence-electron chi connectivity index (χ0n) is 19.2. The van der Waals surface area contributed by atoms with Gasteiger partial charge in [-0.3, -0.25) is 0 Å². The van der Waals surface area contributed by atoms with Crippen molar-refractivity contribution in [2.75, 3.05) is 13.7 Å². The molecule has 5 heterocycles. The lowest BCUT2D eigenvalue weighted by Gasteiger charge is -2.09. The first kappa shape index (κ1) is 21.1. The van der Waals surface area contributed by atoms with E-state index in [4.69, 9.17) is 9.72 Å². The van der Waals surface area contributed by atoms with E-state index in [1.165, 1.54) is 0 Å². The van der Waals surface area contributed by atoms with E-state index < -0.39 is 0 Å². The van der Waals surface area contributed by atoms with E-state index in [0.29, 0.717) is 6.42 Å². The largest absolute Gasteiger partial charge is 0.496 e. The van der Waals surface area contributed by atoms with Crippen LogP contribution in [-0.4, -0.2) is 38.8 Å². The lowest BCUT2D eigenvalue weighted by molar-refractivity contribution is 0.297. The third-order valence-electron chi connectivity index (χ3n) is 6.14. The van der Waals surface area contributed by atoms with Crippen LogP contribution in [0.2, 0.25) is 0 Å². The highest BCUT2D eigenvalue weighted by Crippen LogP contribution is 2.31. The van der Waals surface area contributed by atoms with Crippen molar-refractivity contribution in [1.82, 2.24) is 19.9 Å². The Morgan fingerprint density at radius 1 is 0.714 bits per heavy atom. The summed E-state index contributed by atoms with van der Waals surface area (Å²) in [6, 6.07) is 20.5. The molecule has 0 spiro atoms. The summed E-state index contributed by atoms with van der Waals surface area (Å²) in [7, 11) is 1.65. The molecule has 1 aromatic carbocycles. The van der Waals surface area contributed by atoms with E-state index in [9.17, 15) is 5.11 Å². The van der Waals surface area contributed by atoms with Crippen molar-refractivity contribution >= 4 is 46.4 Å². The second kappa shape index (κ2) is 8.74. The molecule has 6 heteroatoms. The van der Waals surface area contributed by atoms with E-state index >= 15 is 0 Å². The normalized spacial score (nSPS) is 12.3. The number of benzene rings is 1.